The molecular formula is C25H37NO6S. The molecule has 0 radical (unpaired) electrons. The van der Waals surface area contributed by atoms with Crippen molar-refractivity contribution in [1.29, 1.82) is 0 Å². The van der Waals surface area contributed by atoms with Crippen molar-refractivity contribution >= 4 is 17.2 Å². The van der Waals surface area contributed by atoms with Gasteiger partial charge in [-0.3, -0.25) is 4.79 Å². The molecule has 1 amide bonds. The Balaban J connectivity index is 1.41. The molecule has 0 saturated heterocycles. The lowest BCUT2D eigenvalue weighted by Gasteiger charge is -2.37. The summed E-state index contributed by atoms with van der Waals surface area (Å²) in [6.45, 7) is 4.27. The first-order valence-corrected chi connectivity index (χ1v) is 13.2. The number of fused-ring (bicyclic) bond motifs is 2. The van der Waals surface area contributed by atoms with E-state index in [9.17, 15) is 4.79 Å². The number of ether oxygens (including phenoxy) is 4. The quantitative estimate of drug-likeness (QED) is 0.422. The van der Waals surface area contributed by atoms with Crippen LogP contribution in [0.15, 0.2) is 28.7 Å². The Labute approximate surface area is 200 Å². The molecule has 0 spiro atoms. The fourth-order valence-corrected chi connectivity index (χ4v) is 6.26. The average Bonchev–Trinajstić information content (AvgIpc) is 3.58. The van der Waals surface area contributed by atoms with Gasteiger partial charge in [-0.15, -0.1) is 0 Å². The third kappa shape index (κ3) is 6.36. The van der Waals surface area contributed by atoms with Crippen LogP contribution < -0.4 is 5.32 Å². The van der Waals surface area contributed by atoms with Crippen LogP contribution in [-0.4, -0.2) is 63.0 Å². The van der Waals surface area contributed by atoms with E-state index in [1.165, 1.54) is 24.8 Å². The Morgan fingerprint density at radius 2 is 2.06 bits per heavy atom. The second-order valence-electron chi connectivity index (χ2n) is 9.21. The van der Waals surface area contributed by atoms with Gasteiger partial charge in [0.2, 0.25) is 6.29 Å². The highest BCUT2D eigenvalue weighted by atomic mass is 32.1. The van der Waals surface area contributed by atoms with Crippen molar-refractivity contribution in [3.8, 4) is 0 Å². The molecule has 4 rings (SSSR count). The van der Waals surface area contributed by atoms with Gasteiger partial charge in [-0.2, -0.15) is 11.3 Å². The zero-order valence-corrected chi connectivity index (χ0v) is 20.3. The zero-order chi connectivity index (χ0) is 23.0. The standard InChI is InChI=1S/C25H37NO6S/c1-2-31-25-20(5-8-29-10-11-30-9-7-27)21(19-6-12-33-16-19)15-23(32-25)24(28)26-22-14-17-3-4-18(22)13-17/h6,12,15-18,20-22,25,27H,2-5,7-11,13-14H2,1H3,(H,26,28)/t17?,18?,20-,21+,22?,25+/m0/s1. The number of amides is 1. The van der Waals surface area contributed by atoms with Crippen LogP contribution in [0.5, 0.6) is 0 Å². The first-order chi connectivity index (χ1) is 16.2. The van der Waals surface area contributed by atoms with Crippen molar-refractivity contribution in [2.24, 2.45) is 17.8 Å². The molecule has 8 heteroatoms. The minimum atomic E-state index is -0.500. The van der Waals surface area contributed by atoms with Gasteiger partial charge in [0.05, 0.1) is 26.4 Å². The molecule has 184 valence electrons. The first kappa shape index (κ1) is 24.7. The summed E-state index contributed by atoms with van der Waals surface area (Å²) in [6, 6.07) is 2.38. The maximum Gasteiger partial charge on any atom is 0.286 e. The zero-order valence-electron chi connectivity index (χ0n) is 19.4. The van der Waals surface area contributed by atoms with Gasteiger partial charge >= 0.3 is 0 Å². The average molecular weight is 480 g/mol. The Morgan fingerprint density at radius 3 is 2.73 bits per heavy atom. The fourth-order valence-electron chi connectivity index (χ4n) is 5.55. The fraction of sp³-hybridized carbons (Fsp3) is 0.720. The summed E-state index contributed by atoms with van der Waals surface area (Å²) in [7, 11) is 0. The third-order valence-electron chi connectivity index (χ3n) is 7.13. The molecule has 2 fully saturated rings. The van der Waals surface area contributed by atoms with E-state index in [4.69, 9.17) is 24.1 Å². The van der Waals surface area contributed by atoms with Crippen molar-refractivity contribution in [3.05, 3.63) is 34.2 Å². The molecule has 6 atom stereocenters. The van der Waals surface area contributed by atoms with Crippen molar-refractivity contribution in [2.75, 3.05) is 39.6 Å². The summed E-state index contributed by atoms with van der Waals surface area (Å²) in [5.41, 5.74) is 1.18. The summed E-state index contributed by atoms with van der Waals surface area (Å²) in [5.74, 6) is 1.71. The molecule has 1 aromatic heterocycles. The smallest absolute Gasteiger partial charge is 0.286 e. The Kier molecular flexibility index (Phi) is 9.20. The van der Waals surface area contributed by atoms with E-state index in [0.29, 0.717) is 44.7 Å². The van der Waals surface area contributed by atoms with Gasteiger partial charge < -0.3 is 29.4 Å². The van der Waals surface area contributed by atoms with Crippen LogP contribution in [0.4, 0.5) is 0 Å². The summed E-state index contributed by atoms with van der Waals surface area (Å²) >= 11 is 1.65. The molecule has 3 aliphatic rings. The predicted molar refractivity (Wildman–Crippen MR) is 126 cm³/mol. The molecule has 3 unspecified atom stereocenters. The molecular weight excluding hydrogens is 442 g/mol. The molecule has 7 nitrogen and oxygen atoms in total. The van der Waals surface area contributed by atoms with Gasteiger partial charge in [0.1, 0.15) is 0 Å². The number of carbonyl (C=O) groups excluding carboxylic acids is 1. The highest BCUT2D eigenvalue weighted by molar-refractivity contribution is 7.08. The van der Waals surface area contributed by atoms with Gasteiger partial charge in [-0.1, -0.05) is 6.42 Å². The van der Waals surface area contributed by atoms with E-state index in [1.807, 2.05) is 13.0 Å². The number of hydrogen-bond donors (Lipinski definition) is 2. The van der Waals surface area contributed by atoms with Gasteiger partial charge in [0.25, 0.3) is 5.91 Å². The molecule has 1 aliphatic heterocycles. The molecule has 2 bridgehead atoms. The maximum atomic E-state index is 13.2. The molecule has 2 saturated carbocycles. The number of nitrogens with one attached hydrogen (secondary N) is 1. The van der Waals surface area contributed by atoms with Crippen LogP contribution in [0.25, 0.3) is 0 Å². The van der Waals surface area contributed by atoms with E-state index in [-0.39, 0.29) is 30.4 Å². The number of aliphatic hydroxyl groups is 1. The van der Waals surface area contributed by atoms with E-state index in [0.717, 1.165) is 18.8 Å². The van der Waals surface area contributed by atoms with Gasteiger partial charge in [0, 0.05) is 31.1 Å². The second-order valence-corrected chi connectivity index (χ2v) is 9.99. The second kappa shape index (κ2) is 12.3. The van der Waals surface area contributed by atoms with Crippen LogP contribution in [0, 0.1) is 17.8 Å². The van der Waals surface area contributed by atoms with Gasteiger partial charge in [-0.25, -0.2) is 0 Å². The van der Waals surface area contributed by atoms with Crippen LogP contribution in [-0.2, 0) is 23.7 Å². The van der Waals surface area contributed by atoms with Crippen LogP contribution in [0.3, 0.4) is 0 Å². The Morgan fingerprint density at radius 1 is 1.21 bits per heavy atom. The summed E-state index contributed by atoms with van der Waals surface area (Å²) in [6.07, 6.45) is 7.09. The summed E-state index contributed by atoms with van der Waals surface area (Å²) < 4.78 is 23.1. The minimum absolute atomic E-state index is 0.0159. The van der Waals surface area contributed by atoms with Crippen molar-refractivity contribution in [3.63, 3.8) is 0 Å². The first-order valence-electron chi connectivity index (χ1n) is 12.3. The lowest BCUT2D eigenvalue weighted by molar-refractivity contribution is -0.168. The van der Waals surface area contributed by atoms with Gasteiger partial charge in [-0.05, 0) is 72.9 Å². The van der Waals surface area contributed by atoms with Crippen LogP contribution >= 0.6 is 11.3 Å². The number of rotatable bonds is 13. The van der Waals surface area contributed by atoms with E-state index in [2.05, 4.69) is 22.1 Å². The predicted octanol–water partition coefficient (Wildman–Crippen LogP) is 3.45. The van der Waals surface area contributed by atoms with Crippen molar-refractivity contribution in [2.45, 2.75) is 57.3 Å². The molecule has 33 heavy (non-hydrogen) atoms. The minimum Gasteiger partial charge on any atom is -0.459 e. The molecule has 2 N–H and O–H groups in total. The number of thiophene rings is 1. The number of aliphatic hydroxyl groups excluding tert-OH is 1. The Bertz CT molecular complexity index is 769. The molecule has 2 aliphatic carbocycles. The van der Waals surface area contributed by atoms with Crippen molar-refractivity contribution in [1.82, 2.24) is 5.32 Å². The van der Waals surface area contributed by atoms with E-state index >= 15 is 0 Å². The van der Waals surface area contributed by atoms with Gasteiger partial charge in [0.15, 0.2) is 5.76 Å². The SMILES string of the molecule is CCO[C@@H]1OC(C(=O)NC2CC3CCC2C3)=C[C@H](c2ccsc2)[C@@H]1CCOCCOCCO. The molecule has 2 heterocycles. The van der Waals surface area contributed by atoms with Crippen LogP contribution in [0.2, 0.25) is 0 Å². The monoisotopic (exact) mass is 479 g/mol. The normalized spacial score (nSPS) is 30.8. The third-order valence-corrected chi connectivity index (χ3v) is 7.83. The lowest BCUT2D eigenvalue weighted by atomic mass is 9.82. The number of carbonyl (C=O) groups is 1. The number of allylic oxidation sites excluding steroid dienone is 1. The molecule has 1 aromatic rings. The lowest BCUT2D eigenvalue weighted by Crippen LogP contribution is -2.43. The van der Waals surface area contributed by atoms with Crippen molar-refractivity contribution < 1.29 is 28.8 Å². The summed E-state index contributed by atoms with van der Waals surface area (Å²) in [5, 5.41) is 16.2. The highest BCUT2D eigenvalue weighted by Crippen LogP contribution is 2.45. The maximum absolute atomic E-state index is 13.2. The Hall–Kier alpha value is -1.45. The largest absolute Gasteiger partial charge is 0.459 e. The number of hydrogen-bond acceptors (Lipinski definition) is 7. The topological polar surface area (TPSA) is 86.3 Å². The van der Waals surface area contributed by atoms with E-state index < -0.39 is 6.29 Å². The summed E-state index contributed by atoms with van der Waals surface area (Å²) in [4.78, 5) is 13.2. The van der Waals surface area contributed by atoms with Crippen LogP contribution in [0.1, 0.15) is 50.5 Å². The highest BCUT2D eigenvalue weighted by Gasteiger charge is 2.42. The molecule has 0 aromatic carbocycles. The van der Waals surface area contributed by atoms with E-state index in [1.54, 1.807) is 11.3 Å².